The van der Waals surface area contributed by atoms with Crippen molar-refractivity contribution in [2.24, 2.45) is 10.8 Å². The molecule has 0 aromatic heterocycles. The monoisotopic (exact) mass is 329 g/mol. The van der Waals surface area contributed by atoms with E-state index >= 15 is 0 Å². The number of hydrogen-bond donors (Lipinski definition) is 3. The lowest BCUT2D eigenvalue weighted by Crippen LogP contribution is -2.21. The van der Waals surface area contributed by atoms with Crippen LogP contribution in [0, 0.1) is 16.7 Å². The largest absolute Gasteiger partial charge is 0.495 e. The SMILES string of the molecule is COc1cc(N/N=C(\C#N)C(=N)N)c(Cl)cc1Br. The van der Waals surface area contributed by atoms with Gasteiger partial charge in [0.15, 0.2) is 5.84 Å². The molecule has 0 aliphatic rings. The normalized spacial score (nSPS) is 10.7. The molecule has 94 valence electrons. The number of methoxy groups -OCH3 is 1. The zero-order chi connectivity index (χ0) is 13.7. The predicted molar refractivity (Wildman–Crippen MR) is 74.3 cm³/mol. The van der Waals surface area contributed by atoms with Gasteiger partial charge in [0.1, 0.15) is 11.8 Å². The van der Waals surface area contributed by atoms with Gasteiger partial charge in [0.25, 0.3) is 0 Å². The van der Waals surface area contributed by atoms with Crippen molar-refractivity contribution >= 4 is 44.8 Å². The van der Waals surface area contributed by atoms with Gasteiger partial charge in [-0.05, 0) is 22.0 Å². The van der Waals surface area contributed by atoms with E-state index in [4.69, 9.17) is 32.7 Å². The van der Waals surface area contributed by atoms with E-state index in [1.54, 1.807) is 18.2 Å². The molecule has 1 aromatic carbocycles. The minimum absolute atomic E-state index is 0.229. The first-order chi connectivity index (χ1) is 8.49. The Kier molecular flexibility index (Phi) is 4.95. The molecule has 0 heterocycles. The highest BCUT2D eigenvalue weighted by molar-refractivity contribution is 9.10. The Bertz CT molecular complexity index is 552. The third-order valence-corrected chi connectivity index (χ3v) is 2.82. The number of nitrogens with two attached hydrogens (primary N) is 1. The van der Waals surface area contributed by atoms with Crippen LogP contribution in [-0.4, -0.2) is 18.7 Å². The Morgan fingerprint density at radius 1 is 1.67 bits per heavy atom. The van der Waals surface area contributed by atoms with Crippen LogP contribution in [0.4, 0.5) is 5.69 Å². The molecule has 18 heavy (non-hydrogen) atoms. The lowest BCUT2D eigenvalue weighted by atomic mass is 10.3. The summed E-state index contributed by atoms with van der Waals surface area (Å²) in [6.45, 7) is 0. The highest BCUT2D eigenvalue weighted by atomic mass is 79.9. The maximum atomic E-state index is 8.68. The third kappa shape index (κ3) is 3.35. The lowest BCUT2D eigenvalue weighted by molar-refractivity contribution is 0.412. The predicted octanol–water partition coefficient (Wildman–Crippen LogP) is 2.34. The van der Waals surface area contributed by atoms with Crippen molar-refractivity contribution in [2.45, 2.75) is 0 Å². The average Bonchev–Trinajstić information content (AvgIpc) is 2.31. The second-order valence-electron chi connectivity index (χ2n) is 3.06. The van der Waals surface area contributed by atoms with Crippen LogP contribution < -0.4 is 15.9 Å². The molecule has 0 radical (unpaired) electrons. The summed E-state index contributed by atoms with van der Waals surface area (Å²) in [5.41, 5.74) is 7.92. The first-order valence-corrected chi connectivity index (χ1v) is 5.78. The van der Waals surface area contributed by atoms with Crippen molar-refractivity contribution in [3.05, 3.63) is 21.6 Å². The number of nitrogens with one attached hydrogen (secondary N) is 2. The standard InChI is InChI=1S/C10H9BrClN5O/c1-18-9-3-7(6(12)2-5(9)11)16-17-8(4-13)10(14)15/h2-3,16H,1H3,(H3,14,15)/b17-8+. The summed E-state index contributed by atoms with van der Waals surface area (Å²) in [4.78, 5) is 0. The average molecular weight is 331 g/mol. The van der Waals surface area contributed by atoms with Crippen LogP contribution in [0.2, 0.25) is 5.02 Å². The quantitative estimate of drug-likeness (QED) is 0.447. The molecule has 0 amide bonds. The molecule has 0 aliphatic carbocycles. The Morgan fingerprint density at radius 2 is 2.33 bits per heavy atom. The molecule has 0 saturated carbocycles. The van der Waals surface area contributed by atoms with Crippen molar-refractivity contribution in [3.63, 3.8) is 0 Å². The second-order valence-corrected chi connectivity index (χ2v) is 4.33. The van der Waals surface area contributed by atoms with Crippen LogP contribution in [0.25, 0.3) is 0 Å². The molecule has 4 N–H and O–H groups in total. The molecule has 1 rings (SSSR count). The second kappa shape index (κ2) is 6.23. The summed E-state index contributed by atoms with van der Waals surface area (Å²) in [6, 6.07) is 4.91. The number of nitrogens with zero attached hydrogens (tertiary/aromatic N) is 2. The van der Waals surface area contributed by atoms with E-state index in [0.717, 1.165) is 0 Å². The van der Waals surface area contributed by atoms with Crippen LogP contribution in [0.1, 0.15) is 0 Å². The molecular formula is C10H9BrClN5O. The van der Waals surface area contributed by atoms with Gasteiger partial charge < -0.3 is 10.5 Å². The van der Waals surface area contributed by atoms with Gasteiger partial charge in [0.2, 0.25) is 5.71 Å². The number of hydrogen-bond acceptors (Lipinski definition) is 5. The first kappa shape index (κ1) is 14.3. The molecule has 0 saturated heterocycles. The fourth-order valence-electron chi connectivity index (χ4n) is 1.03. The van der Waals surface area contributed by atoms with Gasteiger partial charge in [-0.25, -0.2) is 0 Å². The van der Waals surface area contributed by atoms with Gasteiger partial charge >= 0.3 is 0 Å². The van der Waals surface area contributed by atoms with Crippen LogP contribution in [-0.2, 0) is 0 Å². The van der Waals surface area contributed by atoms with Crippen molar-refractivity contribution in [3.8, 4) is 11.8 Å². The van der Waals surface area contributed by atoms with E-state index in [1.807, 2.05) is 0 Å². The van der Waals surface area contributed by atoms with Gasteiger partial charge in [-0.1, -0.05) is 11.6 Å². The summed E-state index contributed by atoms with van der Waals surface area (Å²) in [5.74, 6) is 0.128. The van der Waals surface area contributed by atoms with Crippen LogP contribution in [0.5, 0.6) is 5.75 Å². The Hall–Kier alpha value is -1.78. The van der Waals surface area contributed by atoms with Gasteiger partial charge in [0.05, 0.1) is 22.3 Å². The molecule has 0 spiro atoms. The summed E-state index contributed by atoms with van der Waals surface area (Å²) < 4.78 is 5.79. The number of ether oxygens (including phenoxy) is 1. The number of nitriles is 1. The highest BCUT2D eigenvalue weighted by Gasteiger charge is 2.08. The maximum Gasteiger partial charge on any atom is 0.201 e. The van der Waals surface area contributed by atoms with Crippen molar-refractivity contribution in [1.29, 1.82) is 10.7 Å². The fraction of sp³-hybridized carbons (Fsp3) is 0.100. The number of anilines is 1. The van der Waals surface area contributed by atoms with Crippen molar-refractivity contribution in [1.82, 2.24) is 0 Å². The molecule has 0 atom stereocenters. The Balaban J connectivity index is 3.06. The Morgan fingerprint density at radius 3 is 2.83 bits per heavy atom. The number of halogens is 2. The van der Waals surface area contributed by atoms with Gasteiger partial charge in [-0.3, -0.25) is 10.8 Å². The van der Waals surface area contributed by atoms with E-state index in [2.05, 4.69) is 26.5 Å². The van der Waals surface area contributed by atoms with Crippen molar-refractivity contribution in [2.75, 3.05) is 12.5 Å². The smallest absolute Gasteiger partial charge is 0.201 e. The van der Waals surface area contributed by atoms with E-state index in [0.29, 0.717) is 20.9 Å². The van der Waals surface area contributed by atoms with Crippen LogP contribution in [0.15, 0.2) is 21.7 Å². The maximum absolute atomic E-state index is 8.68. The first-order valence-electron chi connectivity index (χ1n) is 4.60. The summed E-state index contributed by atoms with van der Waals surface area (Å²) >= 11 is 9.26. The van der Waals surface area contributed by atoms with Gasteiger partial charge in [0, 0.05) is 6.07 Å². The summed E-state index contributed by atoms with van der Waals surface area (Å²) in [7, 11) is 1.51. The summed E-state index contributed by atoms with van der Waals surface area (Å²) in [6.07, 6.45) is 0. The van der Waals surface area contributed by atoms with Gasteiger partial charge in [-0.2, -0.15) is 10.4 Å². The molecule has 0 bridgehead atoms. The zero-order valence-corrected chi connectivity index (χ0v) is 11.6. The lowest BCUT2D eigenvalue weighted by Gasteiger charge is -2.08. The molecule has 0 unspecified atom stereocenters. The zero-order valence-electron chi connectivity index (χ0n) is 9.29. The van der Waals surface area contributed by atoms with Crippen molar-refractivity contribution < 1.29 is 4.74 Å². The molecule has 0 fully saturated rings. The Labute approximate surface area is 117 Å². The van der Waals surface area contributed by atoms with Crippen LogP contribution >= 0.6 is 27.5 Å². The highest BCUT2D eigenvalue weighted by Crippen LogP contribution is 2.34. The minimum Gasteiger partial charge on any atom is -0.495 e. The summed E-state index contributed by atoms with van der Waals surface area (Å²) in [5, 5.41) is 19.8. The molecular weight excluding hydrogens is 322 g/mol. The molecule has 0 aliphatic heterocycles. The van der Waals surface area contributed by atoms with E-state index < -0.39 is 5.84 Å². The van der Waals surface area contributed by atoms with Gasteiger partial charge in [-0.15, -0.1) is 0 Å². The third-order valence-electron chi connectivity index (χ3n) is 1.89. The minimum atomic E-state index is -0.426. The fourth-order valence-corrected chi connectivity index (χ4v) is 1.88. The molecule has 8 heteroatoms. The van der Waals surface area contributed by atoms with E-state index in [9.17, 15) is 0 Å². The van der Waals surface area contributed by atoms with E-state index in [-0.39, 0.29) is 5.71 Å². The number of benzene rings is 1. The van der Waals surface area contributed by atoms with E-state index in [1.165, 1.54) is 7.11 Å². The number of amidine groups is 1. The number of hydrazone groups is 1. The van der Waals surface area contributed by atoms with Crippen LogP contribution in [0.3, 0.4) is 0 Å². The molecule has 6 nitrogen and oxygen atoms in total. The number of rotatable bonds is 4. The topological polar surface area (TPSA) is 107 Å². The molecule has 1 aromatic rings.